The van der Waals surface area contributed by atoms with Crippen molar-refractivity contribution >= 4 is 27.5 Å². The average molecular weight is 324 g/mol. The molecule has 1 aromatic carbocycles. The highest BCUT2D eigenvalue weighted by Crippen LogP contribution is 2.38. The van der Waals surface area contributed by atoms with Crippen molar-refractivity contribution in [2.45, 2.75) is 6.92 Å². The number of allylic oxidation sites excluding steroid dienone is 3. The summed E-state index contributed by atoms with van der Waals surface area (Å²) in [6.45, 7) is 2.94. The van der Waals surface area contributed by atoms with Crippen LogP contribution in [0.25, 0.3) is 0 Å². The first kappa shape index (κ1) is 13.7. The molecule has 4 nitrogen and oxygen atoms in total. The summed E-state index contributed by atoms with van der Waals surface area (Å²) in [5.74, 6) is 1.12. The van der Waals surface area contributed by atoms with Crippen molar-refractivity contribution in [1.29, 1.82) is 0 Å². The predicted molar refractivity (Wildman–Crippen MR) is 77.7 cm³/mol. The van der Waals surface area contributed by atoms with Gasteiger partial charge in [-0.15, -0.1) is 0 Å². The molecule has 1 heterocycles. The van der Waals surface area contributed by atoms with E-state index in [2.05, 4.69) is 21.2 Å². The van der Waals surface area contributed by atoms with Gasteiger partial charge in [-0.1, -0.05) is 18.2 Å². The van der Waals surface area contributed by atoms with E-state index in [1.54, 1.807) is 24.3 Å². The summed E-state index contributed by atoms with van der Waals surface area (Å²) in [6, 6.07) is 3.54. The van der Waals surface area contributed by atoms with Crippen LogP contribution in [0.3, 0.4) is 0 Å². The van der Waals surface area contributed by atoms with Crippen LogP contribution in [0.5, 0.6) is 11.5 Å². The molecule has 5 heteroatoms. The van der Waals surface area contributed by atoms with Crippen LogP contribution in [-0.2, 0) is 4.79 Å². The molecule has 0 saturated heterocycles. The number of fused-ring (bicyclic) bond motifs is 1. The third-order valence-corrected chi connectivity index (χ3v) is 3.10. The quantitative estimate of drug-likeness (QED) is 0.686. The van der Waals surface area contributed by atoms with Crippen molar-refractivity contribution in [2.24, 2.45) is 0 Å². The molecule has 0 atom stereocenters. The molecule has 1 N–H and O–H groups in total. The van der Waals surface area contributed by atoms with Crippen molar-refractivity contribution in [1.82, 2.24) is 0 Å². The summed E-state index contributed by atoms with van der Waals surface area (Å²) in [6.07, 6.45) is 6.78. The fourth-order valence-electron chi connectivity index (χ4n) is 1.59. The van der Waals surface area contributed by atoms with E-state index in [1.807, 2.05) is 13.0 Å². The van der Waals surface area contributed by atoms with Crippen molar-refractivity contribution in [3.05, 3.63) is 40.9 Å². The van der Waals surface area contributed by atoms with Gasteiger partial charge >= 0.3 is 0 Å². The molecule has 19 heavy (non-hydrogen) atoms. The third-order valence-electron chi connectivity index (χ3n) is 2.44. The van der Waals surface area contributed by atoms with Crippen LogP contribution in [0, 0.1) is 0 Å². The molecule has 100 valence electrons. The Balaban J connectivity index is 2.14. The fraction of sp³-hybridized carbons (Fsp3) is 0.214. The zero-order valence-corrected chi connectivity index (χ0v) is 12.1. The summed E-state index contributed by atoms with van der Waals surface area (Å²) in [7, 11) is 0. The molecule has 0 unspecified atom stereocenters. The van der Waals surface area contributed by atoms with Crippen molar-refractivity contribution < 1.29 is 14.3 Å². The molecule has 1 aromatic rings. The van der Waals surface area contributed by atoms with E-state index >= 15 is 0 Å². The van der Waals surface area contributed by atoms with Crippen molar-refractivity contribution in [3.8, 4) is 11.5 Å². The van der Waals surface area contributed by atoms with Gasteiger partial charge in [-0.05, 0) is 22.9 Å². The van der Waals surface area contributed by atoms with E-state index in [1.165, 1.54) is 6.08 Å². The van der Waals surface area contributed by atoms with Gasteiger partial charge in [-0.25, -0.2) is 0 Å². The van der Waals surface area contributed by atoms with Crippen molar-refractivity contribution in [2.75, 3.05) is 18.5 Å². The van der Waals surface area contributed by atoms with Crippen LogP contribution in [0.1, 0.15) is 6.92 Å². The molecule has 0 fully saturated rings. The molecule has 0 aromatic heterocycles. The number of anilines is 1. The smallest absolute Gasteiger partial charge is 0.248 e. The van der Waals surface area contributed by atoms with E-state index in [9.17, 15) is 4.79 Å². The molecule has 0 spiro atoms. The number of benzene rings is 1. The highest BCUT2D eigenvalue weighted by molar-refractivity contribution is 9.10. The number of nitrogens with one attached hydrogen (secondary N) is 1. The van der Waals surface area contributed by atoms with Crippen LogP contribution < -0.4 is 14.8 Å². The summed E-state index contributed by atoms with van der Waals surface area (Å²) >= 11 is 3.40. The Morgan fingerprint density at radius 2 is 1.95 bits per heavy atom. The second-order valence-electron chi connectivity index (χ2n) is 3.85. The average Bonchev–Trinajstić information content (AvgIpc) is 2.40. The number of carbonyl (C=O) groups is 1. The number of halogens is 1. The van der Waals surface area contributed by atoms with Gasteiger partial charge < -0.3 is 14.8 Å². The van der Waals surface area contributed by atoms with E-state index in [4.69, 9.17) is 9.47 Å². The Bertz CT molecular complexity index is 538. The molecule has 2 rings (SSSR count). The minimum absolute atomic E-state index is 0.199. The maximum absolute atomic E-state index is 11.7. The lowest BCUT2D eigenvalue weighted by molar-refractivity contribution is -0.111. The van der Waals surface area contributed by atoms with Gasteiger partial charge in [0.15, 0.2) is 11.5 Å². The molecule has 0 radical (unpaired) electrons. The van der Waals surface area contributed by atoms with Gasteiger partial charge in [0.2, 0.25) is 5.91 Å². The Morgan fingerprint density at radius 1 is 1.26 bits per heavy atom. The second-order valence-corrected chi connectivity index (χ2v) is 4.70. The molecule has 1 aliphatic rings. The molecule has 1 aliphatic heterocycles. The third kappa shape index (κ3) is 3.61. The number of hydrogen-bond acceptors (Lipinski definition) is 3. The second kappa shape index (κ2) is 6.43. The normalized spacial score (nSPS) is 14.0. The maximum atomic E-state index is 11.7. The van der Waals surface area contributed by atoms with Gasteiger partial charge in [0, 0.05) is 22.7 Å². The Kier molecular flexibility index (Phi) is 4.63. The van der Waals surface area contributed by atoms with Gasteiger partial charge in [0.1, 0.15) is 13.2 Å². The lowest BCUT2D eigenvalue weighted by Crippen LogP contribution is -2.16. The molecular formula is C14H14BrNO3. The molecule has 1 amide bonds. The first-order chi connectivity index (χ1) is 9.20. The Hall–Kier alpha value is -1.75. The van der Waals surface area contributed by atoms with Gasteiger partial charge in [-0.2, -0.15) is 0 Å². The van der Waals surface area contributed by atoms with E-state index < -0.39 is 0 Å². The number of amides is 1. The highest BCUT2D eigenvalue weighted by atomic mass is 79.9. The summed E-state index contributed by atoms with van der Waals surface area (Å²) in [5.41, 5.74) is 0.652. The largest absolute Gasteiger partial charge is 0.486 e. The van der Waals surface area contributed by atoms with E-state index in [-0.39, 0.29) is 5.91 Å². The van der Waals surface area contributed by atoms with E-state index in [0.29, 0.717) is 30.4 Å². The van der Waals surface area contributed by atoms with Crippen LogP contribution in [0.15, 0.2) is 40.9 Å². The molecule has 0 aliphatic carbocycles. The van der Waals surface area contributed by atoms with Crippen molar-refractivity contribution in [3.63, 3.8) is 0 Å². The zero-order chi connectivity index (χ0) is 13.7. The number of carbonyl (C=O) groups excluding carboxylic acids is 1. The zero-order valence-electron chi connectivity index (χ0n) is 10.5. The summed E-state index contributed by atoms with van der Waals surface area (Å²) < 4.78 is 11.7. The van der Waals surface area contributed by atoms with Gasteiger partial charge in [-0.3, -0.25) is 4.79 Å². The number of ether oxygens (including phenoxy) is 2. The molecule has 0 bridgehead atoms. The monoisotopic (exact) mass is 323 g/mol. The van der Waals surface area contributed by atoms with Crippen LogP contribution in [-0.4, -0.2) is 19.1 Å². The molecular weight excluding hydrogens is 310 g/mol. The minimum Gasteiger partial charge on any atom is -0.486 e. The highest BCUT2D eigenvalue weighted by Gasteiger charge is 2.15. The first-order valence-electron chi connectivity index (χ1n) is 5.90. The predicted octanol–water partition coefficient (Wildman–Crippen LogP) is 3.29. The Labute approximate surface area is 120 Å². The van der Waals surface area contributed by atoms with Crippen LogP contribution in [0.2, 0.25) is 0 Å². The Morgan fingerprint density at radius 3 is 2.63 bits per heavy atom. The van der Waals surface area contributed by atoms with Gasteiger partial charge in [0.05, 0.1) is 5.69 Å². The number of hydrogen-bond donors (Lipinski definition) is 1. The van der Waals surface area contributed by atoms with Crippen LogP contribution in [0.4, 0.5) is 5.69 Å². The molecule has 0 saturated carbocycles. The summed E-state index contributed by atoms with van der Waals surface area (Å²) in [5, 5.41) is 2.78. The van der Waals surface area contributed by atoms with E-state index in [0.717, 1.165) is 4.47 Å². The standard InChI is InChI=1S/C14H14BrNO3/c1-2-3-4-5-14(17)16-11-9-13-12(8-10(11)15)18-6-7-19-13/h2-5,8-9H,6-7H2,1H3,(H,16,17)/b3-2+,5-4+. The SMILES string of the molecule is C/C=C/C=C/C(=O)Nc1cc2c(cc1Br)OCCO2. The topological polar surface area (TPSA) is 47.6 Å². The first-order valence-corrected chi connectivity index (χ1v) is 6.69. The maximum Gasteiger partial charge on any atom is 0.248 e. The lowest BCUT2D eigenvalue weighted by atomic mass is 10.2. The lowest BCUT2D eigenvalue weighted by Gasteiger charge is -2.19. The van der Waals surface area contributed by atoms with Crippen LogP contribution >= 0.6 is 15.9 Å². The fourth-order valence-corrected chi connectivity index (χ4v) is 2.01. The summed E-state index contributed by atoms with van der Waals surface area (Å²) in [4.78, 5) is 11.7. The number of rotatable bonds is 3. The minimum atomic E-state index is -0.199. The van der Waals surface area contributed by atoms with Gasteiger partial charge in [0.25, 0.3) is 0 Å².